The van der Waals surface area contributed by atoms with Crippen molar-refractivity contribution in [1.82, 2.24) is 4.98 Å². The summed E-state index contributed by atoms with van der Waals surface area (Å²) in [6, 6.07) is 11.1. The van der Waals surface area contributed by atoms with Crippen LogP contribution in [0.4, 0.5) is 5.69 Å². The van der Waals surface area contributed by atoms with Crippen molar-refractivity contribution >= 4 is 17.6 Å². The van der Waals surface area contributed by atoms with E-state index in [2.05, 4.69) is 10.3 Å². The minimum absolute atomic E-state index is 0.0349. The number of ether oxygens (including phenoxy) is 1. The van der Waals surface area contributed by atoms with Crippen LogP contribution in [0.15, 0.2) is 42.5 Å². The summed E-state index contributed by atoms with van der Waals surface area (Å²) in [5.41, 5.74) is 0.396. The van der Waals surface area contributed by atoms with E-state index in [9.17, 15) is 9.59 Å². The third kappa shape index (κ3) is 3.11. The molecule has 0 spiro atoms. The lowest BCUT2D eigenvalue weighted by molar-refractivity contribution is 0.0690. The summed E-state index contributed by atoms with van der Waals surface area (Å²) in [6.07, 6.45) is 0. The number of benzene rings is 1. The number of anilines is 1. The van der Waals surface area contributed by atoms with Gasteiger partial charge in [-0.05, 0) is 24.3 Å². The number of nitrogens with one attached hydrogen (secondary N) is 1. The van der Waals surface area contributed by atoms with Gasteiger partial charge < -0.3 is 15.2 Å². The molecule has 0 aliphatic heterocycles. The topological polar surface area (TPSA) is 88.5 Å². The number of methoxy groups -OCH3 is 1. The fourth-order valence-electron chi connectivity index (χ4n) is 1.58. The monoisotopic (exact) mass is 272 g/mol. The van der Waals surface area contributed by atoms with Crippen molar-refractivity contribution in [2.75, 3.05) is 12.4 Å². The van der Waals surface area contributed by atoms with Crippen molar-refractivity contribution in [3.05, 3.63) is 53.9 Å². The molecule has 1 aromatic carbocycles. The Labute approximate surface area is 115 Å². The standard InChI is InChI=1S/C14H12N2O4/c1-20-10-5-2-4-9(8-10)15-13(17)11-6-3-7-12(16-11)14(18)19/h2-8H,1H3,(H,15,17)(H,18,19). The molecule has 6 heteroatoms. The molecule has 102 valence electrons. The molecule has 0 atom stereocenters. The minimum Gasteiger partial charge on any atom is -0.497 e. The number of amides is 1. The minimum atomic E-state index is -1.18. The fourth-order valence-corrected chi connectivity index (χ4v) is 1.58. The van der Waals surface area contributed by atoms with Crippen LogP contribution in [0.1, 0.15) is 21.0 Å². The van der Waals surface area contributed by atoms with Crippen LogP contribution in [0, 0.1) is 0 Å². The highest BCUT2D eigenvalue weighted by molar-refractivity contribution is 6.03. The average molecular weight is 272 g/mol. The van der Waals surface area contributed by atoms with E-state index in [1.54, 1.807) is 24.3 Å². The zero-order valence-corrected chi connectivity index (χ0v) is 10.7. The van der Waals surface area contributed by atoms with Crippen molar-refractivity contribution in [3.63, 3.8) is 0 Å². The fraction of sp³-hybridized carbons (Fsp3) is 0.0714. The van der Waals surface area contributed by atoms with Gasteiger partial charge in [0.2, 0.25) is 0 Å². The molecule has 2 N–H and O–H groups in total. The van der Waals surface area contributed by atoms with E-state index >= 15 is 0 Å². The number of carboxylic acid groups (broad SMARTS) is 1. The molecule has 2 aromatic rings. The Kier molecular flexibility index (Phi) is 3.95. The van der Waals surface area contributed by atoms with Crippen LogP contribution in [0.25, 0.3) is 0 Å². The third-order valence-electron chi connectivity index (χ3n) is 2.53. The molecule has 0 fully saturated rings. The highest BCUT2D eigenvalue weighted by Crippen LogP contribution is 2.17. The molecule has 0 bridgehead atoms. The van der Waals surface area contributed by atoms with Crippen LogP contribution in [0.5, 0.6) is 5.75 Å². The van der Waals surface area contributed by atoms with E-state index < -0.39 is 11.9 Å². The average Bonchev–Trinajstić information content (AvgIpc) is 2.47. The lowest BCUT2D eigenvalue weighted by Gasteiger charge is -2.06. The van der Waals surface area contributed by atoms with Crippen LogP contribution >= 0.6 is 0 Å². The number of aromatic nitrogens is 1. The van der Waals surface area contributed by atoms with Crippen LogP contribution in [0.2, 0.25) is 0 Å². The van der Waals surface area contributed by atoms with Crippen LogP contribution < -0.4 is 10.1 Å². The molecule has 1 heterocycles. The predicted octanol–water partition coefficient (Wildman–Crippen LogP) is 2.04. The van der Waals surface area contributed by atoms with Gasteiger partial charge in [-0.15, -0.1) is 0 Å². The van der Waals surface area contributed by atoms with Crippen molar-refractivity contribution < 1.29 is 19.4 Å². The maximum absolute atomic E-state index is 12.0. The Bertz CT molecular complexity index is 655. The summed E-state index contributed by atoms with van der Waals surface area (Å²) in [5, 5.41) is 11.5. The first kappa shape index (κ1) is 13.5. The summed E-state index contributed by atoms with van der Waals surface area (Å²) in [5.74, 6) is -1.06. The van der Waals surface area contributed by atoms with Crippen molar-refractivity contribution in [2.45, 2.75) is 0 Å². The normalized spacial score (nSPS) is 9.85. The van der Waals surface area contributed by atoms with Gasteiger partial charge in [-0.1, -0.05) is 12.1 Å². The van der Waals surface area contributed by atoms with E-state index in [4.69, 9.17) is 9.84 Å². The van der Waals surface area contributed by atoms with E-state index in [1.807, 2.05) is 0 Å². The van der Waals surface area contributed by atoms with E-state index in [1.165, 1.54) is 25.3 Å². The number of nitrogens with zero attached hydrogens (tertiary/aromatic N) is 1. The number of pyridine rings is 1. The van der Waals surface area contributed by atoms with Gasteiger partial charge >= 0.3 is 5.97 Å². The molecule has 0 aliphatic carbocycles. The number of hydrogen-bond donors (Lipinski definition) is 2. The third-order valence-corrected chi connectivity index (χ3v) is 2.53. The smallest absolute Gasteiger partial charge is 0.354 e. The molecule has 0 saturated heterocycles. The molecule has 0 aliphatic rings. The maximum atomic E-state index is 12.0. The van der Waals surface area contributed by atoms with Gasteiger partial charge in [-0.25, -0.2) is 9.78 Å². The van der Waals surface area contributed by atoms with Gasteiger partial charge in [-0.3, -0.25) is 4.79 Å². The first-order chi connectivity index (χ1) is 9.60. The number of carboxylic acids is 1. The van der Waals surface area contributed by atoms with Crippen LogP contribution in [-0.4, -0.2) is 29.1 Å². The molecule has 2 rings (SSSR count). The van der Waals surface area contributed by atoms with Crippen molar-refractivity contribution in [3.8, 4) is 5.75 Å². The molecule has 1 aromatic heterocycles. The van der Waals surface area contributed by atoms with Gasteiger partial charge in [0.25, 0.3) is 5.91 Å². The molecular formula is C14H12N2O4. The van der Waals surface area contributed by atoms with Gasteiger partial charge in [0.05, 0.1) is 7.11 Å². The highest BCUT2D eigenvalue weighted by Gasteiger charge is 2.11. The zero-order valence-electron chi connectivity index (χ0n) is 10.7. The van der Waals surface area contributed by atoms with Crippen molar-refractivity contribution in [2.24, 2.45) is 0 Å². The van der Waals surface area contributed by atoms with Gasteiger partial charge in [0.15, 0.2) is 0 Å². The molecular weight excluding hydrogens is 260 g/mol. The summed E-state index contributed by atoms with van der Waals surface area (Å²) < 4.78 is 5.05. The van der Waals surface area contributed by atoms with Crippen molar-refractivity contribution in [1.29, 1.82) is 0 Å². The molecule has 1 amide bonds. The molecule has 0 unspecified atom stereocenters. The number of rotatable bonds is 4. The van der Waals surface area contributed by atoms with Gasteiger partial charge in [-0.2, -0.15) is 0 Å². The Morgan fingerprint density at radius 3 is 2.55 bits per heavy atom. The van der Waals surface area contributed by atoms with E-state index in [0.717, 1.165) is 0 Å². The van der Waals surface area contributed by atoms with E-state index in [0.29, 0.717) is 11.4 Å². The molecule has 20 heavy (non-hydrogen) atoms. The second-order valence-corrected chi connectivity index (χ2v) is 3.90. The molecule has 0 saturated carbocycles. The van der Waals surface area contributed by atoms with Gasteiger partial charge in [0, 0.05) is 11.8 Å². The number of aromatic carboxylic acids is 1. The highest BCUT2D eigenvalue weighted by atomic mass is 16.5. The zero-order chi connectivity index (χ0) is 14.5. The number of carbonyl (C=O) groups is 2. The molecule has 0 radical (unpaired) electrons. The first-order valence-corrected chi connectivity index (χ1v) is 5.76. The summed E-state index contributed by atoms with van der Waals surface area (Å²) in [6.45, 7) is 0. The maximum Gasteiger partial charge on any atom is 0.354 e. The predicted molar refractivity (Wildman–Crippen MR) is 72.1 cm³/mol. The summed E-state index contributed by atoms with van der Waals surface area (Å²) in [7, 11) is 1.53. The Hall–Kier alpha value is -2.89. The number of carbonyl (C=O) groups excluding carboxylic acids is 1. The van der Waals surface area contributed by atoms with Crippen LogP contribution in [0.3, 0.4) is 0 Å². The second-order valence-electron chi connectivity index (χ2n) is 3.90. The summed E-state index contributed by atoms with van der Waals surface area (Å²) in [4.78, 5) is 26.6. The second kappa shape index (κ2) is 5.83. The first-order valence-electron chi connectivity index (χ1n) is 5.76. The van der Waals surface area contributed by atoms with Crippen LogP contribution in [-0.2, 0) is 0 Å². The quantitative estimate of drug-likeness (QED) is 0.889. The lowest BCUT2D eigenvalue weighted by atomic mass is 10.2. The number of hydrogen-bond acceptors (Lipinski definition) is 4. The molecule has 6 nitrogen and oxygen atoms in total. The Morgan fingerprint density at radius 1 is 1.15 bits per heavy atom. The SMILES string of the molecule is COc1cccc(NC(=O)c2cccc(C(=O)O)n2)c1. The lowest BCUT2D eigenvalue weighted by Crippen LogP contribution is -2.15. The Balaban J connectivity index is 2.19. The largest absolute Gasteiger partial charge is 0.497 e. The van der Waals surface area contributed by atoms with E-state index in [-0.39, 0.29) is 11.4 Å². The Morgan fingerprint density at radius 2 is 1.85 bits per heavy atom. The summed E-state index contributed by atoms with van der Waals surface area (Å²) >= 11 is 0. The van der Waals surface area contributed by atoms with Gasteiger partial charge in [0.1, 0.15) is 17.1 Å².